The molecule has 134 valence electrons. The molecule has 0 aliphatic rings. The first-order valence-corrected chi connectivity index (χ1v) is 7.72. The highest BCUT2D eigenvalue weighted by atomic mass is 35.5. The monoisotopic (exact) mass is 373 g/mol. The van der Waals surface area contributed by atoms with Crippen molar-refractivity contribution >= 4 is 47.3 Å². The minimum atomic E-state index is -0.0157. The number of anilines is 1. The lowest BCUT2D eigenvalue weighted by molar-refractivity contribution is -0.117. The minimum Gasteiger partial charge on any atom is -0.492 e. The highest BCUT2D eigenvalue weighted by molar-refractivity contribution is 6.03. The summed E-state index contributed by atoms with van der Waals surface area (Å²) in [7, 11) is 0. The molecule has 7 heteroatoms. The summed E-state index contributed by atoms with van der Waals surface area (Å²) in [4.78, 5) is 18.6. The summed E-state index contributed by atoms with van der Waals surface area (Å²) in [6.45, 7) is 8.72. The second kappa shape index (κ2) is 11.1. The summed E-state index contributed by atoms with van der Waals surface area (Å²) in [5.41, 5.74) is 1.54. The van der Waals surface area contributed by atoms with E-state index in [0.29, 0.717) is 13.2 Å². The molecule has 2 aromatic rings. The molecule has 0 atom stereocenters. The number of rotatable bonds is 7. The fourth-order valence-electron chi connectivity index (χ4n) is 2.37. The van der Waals surface area contributed by atoms with Crippen molar-refractivity contribution in [3.63, 3.8) is 0 Å². The van der Waals surface area contributed by atoms with Gasteiger partial charge in [0.2, 0.25) is 5.91 Å². The second-order valence-electron chi connectivity index (χ2n) is 4.95. The van der Waals surface area contributed by atoms with Crippen molar-refractivity contribution in [1.82, 2.24) is 9.88 Å². The van der Waals surface area contributed by atoms with Crippen molar-refractivity contribution in [3.05, 3.63) is 30.5 Å². The molecule has 1 N–H and O–H groups in total. The van der Waals surface area contributed by atoms with Crippen LogP contribution in [0, 0.1) is 0 Å². The number of pyridine rings is 1. The topological polar surface area (TPSA) is 54.5 Å². The van der Waals surface area contributed by atoms with Crippen LogP contribution in [0.25, 0.3) is 10.9 Å². The summed E-state index contributed by atoms with van der Waals surface area (Å²) < 4.78 is 5.60. The van der Waals surface area contributed by atoms with E-state index in [4.69, 9.17) is 4.74 Å². The third kappa shape index (κ3) is 5.51. The van der Waals surface area contributed by atoms with Gasteiger partial charge in [0, 0.05) is 11.6 Å². The molecular weight excluding hydrogens is 349 g/mol. The van der Waals surface area contributed by atoms with E-state index >= 15 is 0 Å². The molecule has 2 rings (SSSR count). The number of hydrogen-bond acceptors (Lipinski definition) is 4. The molecule has 0 radical (unpaired) electrons. The third-order valence-corrected chi connectivity index (χ3v) is 3.57. The summed E-state index contributed by atoms with van der Waals surface area (Å²) >= 11 is 0. The zero-order chi connectivity index (χ0) is 15.9. The number of carbonyl (C=O) groups excluding carboxylic acids is 1. The smallest absolute Gasteiger partial charge is 0.238 e. The molecule has 0 saturated heterocycles. The number of nitrogens with one attached hydrogen (secondary N) is 1. The van der Waals surface area contributed by atoms with Gasteiger partial charge in [0.1, 0.15) is 11.3 Å². The first-order valence-electron chi connectivity index (χ1n) is 7.72. The number of halogens is 2. The van der Waals surface area contributed by atoms with Crippen molar-refractivity contribution in [2.45, 2.75) is 20.8 Å². The Hall–Kier alpha value is -1.56. The van der Waals surface area contributed by atoms with Crippen molar-refractivity contribution in [3.8, 4) is 5.75 Å². The predicted molar refractivity (Wildman–Crippen MR) is 104 cm³/mol. The van der Waals surface area contributed by atoms with Crippen LogP contribution in [0.1, 0.15) is 20.8 Å². The molecule has 24 heavy (non-hydrogen) atoms. The molecular formula is C17H25Cl2N3O2. The highest BCUT2D eigenvalue weighted by Crippen LogP contribution is 2.29. The van der Waals surface area contributed by atoms with Crippen LogP contribution >= 0.6 is 24.8 Å². The van der Waals surface area contributed by atoms with Gasteiger partial charge < -0.3 is 10.1 Å². The van der Waals surface area contributed by atoms with E-state index in [0.717, 1.165) is 35.4 Å². The SMILES string of the molecule is CCOc1ccc(NC(=O)CN(CC)CC)c2cccnc12.Cl.Cl. The van der Waals surface area contributed by atoms with Gasteiger partial charge in [-0.2, -0.15) is 0 Å². The maximum atomic E-state index is 12.2. The minimum absolute atomic E-state index is 0. The van der Waals surface area contributed by atoms with Gasteiger partial charge in [-0.3, -0.25) is 14.7 Å². The molecule has 0 bridgehead atoms. The van der Waals surface area contributed by atoms with Crippen LogP contribution in [0.2, 0.25) is 0 Å². The maximum Gasteiger partial charge on any atom is 0.238 e. The standard InChI is InChI=1S/C17H23N3O2.2ClH/c1-4-20(5-2)12-16(21)19-14-9-10-15(22-6-3)17-13(14)8-7-11-18-17;;/h7-11H,4-6,12H2,1-3H3,(H,19,21);2*1H. The van der Waals surface area contributed by atoms with E-state index in [9.17, 15) is 4.79 Å². The number of carbonyl (C=O) groups is 1. The van der Waals surface area contributed by atoms with Gasteiger partial charge in [0.15, 0.2) is 0 Å². The van der Waals surface area contributed by atoms with Crippen molar-refractivity contribution < 1.29 is 9.53 Å². The van der Waals surface area contributed by atoms with Crippen LogP contribution in [0.3, 0.4) is 0 Å². The Labute approximate surface area is 155 Å². The number of hydrogen-bond donors (Lipinski definition) is 1. The van der Waals surface area contributed by atoms with Crippen LogP contribution < -0.4 is 10.1 Å². The molecule has 1 aromatic heterocycles. The van der Waals surface area contributed by atoms with Gasteiger partial charge in [0.25, 0.3) is 0 Å². The van der Waals surface area contributed by atoms with Crippen LogP contribution in [0.15, 0.2) is 30.5 Å². The number of amides is 1. The third-order valence-electron chi connectivity index (χ3n) is 3.57. The first-order chi connectivity index (χ1) is 10.7. The van der Waals surface area contributed by atoms with E-state index in [1.54, 1.807) is 6.20 Å². The predicted octanol–water partition coefficient (Wildman–Crippen LogP) is 3.76. The van der Waals surface area contributed by atoms with Gasteiger partial charge in [-0.15, -0.1) is 24.8 Å². The number of nitrogens with zero attached hydrogens (tertiary/aromatic N) is 2. The summed E-state index contributed by atoms with van der Waals surface area (Å²) in [5.74, 6) is 0.720. The Morgan fingerprint density at radius 2 is 1.88 bits per heavy atom. The second-order valence-corrected chi connectivity index (χ2v) is 4.95. The first kappa shape index (κ1) is 22.4. The fourth-order valence-corrected chi connectivity index (χ4v) is 2.37. The van der Waals surface area contributed by atoms with Crippen LogP contribution in [-0.2, 0) is 4.79 Å². The fraction of sp³-hybridized carbons (Fsp3) is 0.412. The molecule has 0 spiro atoms. The van der Waals surface area contributed by atoms with Gasteiger partial charge in [-0.25, -0.2) is 0 Å². The normalized spacial score (nSPS) is 10.0. The Kier molecular flexibility index (Phi) is 10.4. The number of ether oxygens (including phenoxy) is 1. The molecule has 0 aliphatic carbocycles. The van der Waals surface area contributed by atoms with E-state index in [2.05, 4.69) is 15.2 Å². The maximum absolute atomic E-state index is 12.2. The summed E-state index contributed by atoms with van der Waals surface area (Å²) in [5, 5.41) is 3.87. The zero-order valence-corrected chi connectivity index (χ0v) is 15.9. The lowest BCUT2D eigenvalue weighted by Gasteiger charge is -2.18. The van der Waals surface area contributed by atoms with Gasteiger partial charge in [0.05, 0.1) is 18.8 Å². The largest absolute Gasteiger partial charge is 0.492 e. The van der Waals surface area contributed by atoms with Gasteiger partial charge in [-0.05, 0) is 44.3 Å². The Morgan fingerprint density at radius 3 is 2.50 bits per heavy atom. The van der Waals surface area contributed by atoms with E-state index in [-0.39, 0.29) is 30.7 Å². The molecule has 1 aromatic carbocycles. The molecule has 0 fully saturated rings. The lowest BCUT2D eigenvalue weighted by atomic mass is 10.1. The summed E-state index contributed by atoms with van der Waals surface area (Å²) in [6.07, 6.45) is 1.73. The molecule has 0 unspecified atom stereocenters. The van der Waals surface area contributed by atoms with Gasteiger partial charge in [-0.1, -0.05) is 13.8 Å². The molecule has 1 amide bonds. The number of benzene rings is 1. The lowest BCUT2D eigenvalue weighted by Crippen LogP contribution is -2.32. The highest BCUT2D eigenvalue weighted by Gasteiger charge is 2.12. The molecule has 0 aliphatic heterocycles. The van der Waals surface area contributed by atoms with E-state index in [1.807, 2.05) is 45.0 Å². The van der Waals surface area contributed by atoms with E-state index in [1.165, 1.54) is 0 Å². The van der Waals surface area contributed by atoms with Crippen LogP contribution in [0.4, 0.5) is 5.69 Å². The number of fused-ring (bicyclic) bond motifs is 1. The Balaban J connectivity index is 0.00000264. The number of likely N-dealkylation sites (N-methyl/N-ethyl adjacent to an activating group) is 1. The Bertz CT molecular complexity index is 649. The molecule has 1 heterocycles. The molecule has 5 nitrogen and oxygen atoms in total. The van der Waals surface area contributed by atoms with Crippen molar-refractivity contribution in [2.75, 3.05) is 31.6 Å². The van der Waals surface area contributed by atoms with Crippen molar-refractivity contribution in [2.24, 2.45) is 0 Å². The van der Waals surface area contributed by atoms with Crippen LogP contribution in [0.5, 0.6) is 5.75 Å². The average molecular weight is 374 g/mol. The van der Waals surface area contributed by atoms with Crippen molar-refractivity contribution in [1.29, 1.82) is 0 Å². The number of aromatic nitrogens is 1. The Morgan fingerprint density at radius 1 is 1.17 bits per heavy atom. The summed E-state index contributed by atoms with van der Waals surface area (Å²) in [6, 6.07) is 7.52. The van der Waals surface area contributed by atoms with Gasteiger partial charge >= 0.3 is 0 Å². The average Bonchev–Trinajstić information content (AvgIpc) is 2.55. The quantitative estimate of drug-likeness (QED) is 0.802. The zero-order valence-electron chi connectivity index (χ0n) is 14.2. The molecule has 0 saturated carbocycles. The van der Waals surface area contributed by atoms with Crippen LogP contribution in [-0.4, -0.2) is 42.0 Å². The van der Waals surface area contributed by atoms with E-state index < -0.39 is 0 Å².